The van der Waals surface area contributed by atoms with Crippen LogP contribution in [0.4, 0.5) is 5.00 Å². The maximum atomic E-state index is 13.3. The minimum absolute atomic E-state index is 0.0252. The number of nitrogens with zero attached hydrogens (tertiary/aromatic N) is 2. The average molecular weight is 491 g/mol. The Balaban J connectivity index is 1.45. The Bertz CT molecular complexity index is 1490. The van der Waals surface area contributed by atoms with Crippen molar-refractivity contribution in [2.75, 3.05) is 11.1 Å². The topological polar surface area (TPSA) is 107 Å². The number of benzene rings is 2. The van der Waals surface area contributed by atoms with Crippen LogP contribution in [0.25, 0.3) is 16.6 Å². The molecule has 0 saturated heterocycles. The lowest BCUT2D eigenvalue weighted by Gasteiger charge is -2.13. The first kappa shape index (κ1) is 22.4. The SMILES string of the molecule is Cc1ccc(-n2c(SCC(=O)Nc3sc4c(c3C(N)=O)CCC4)nc3ccccc3c2=O)cc1. The summed E-state index contributed by atoms with van der Waals surface area (Å²) in [7, 11) is 0. The van der Waals surface area contributed by atoms with Gasteiger partial charge in [-0.1, -0.05) is 41.6 Å². The van der Waals surface area contributed by atoms with Crippen molar-refractivity contribution in [3.63, 3.8) is 0 Å². The van der Waals surface area contributed by atoms with Crippen LogP contribution in [-0.2, 0) is 17.6 Å². The summed E-state index contributed by atoms with van der Waals surface area (Å²) in [5, 5.41) is 4.29. The highest BCUT2D eigenvalue weighted by molar-refractivity contribution is 7.99. The number of anilines is 1. The molecule has 0 unspecified atom stereocenters. The van der Waals surface area contributed by atoms with Crippen molar-refractivity contribution in [2.24, 2.45) is 5.73 Å². The molecule has 2 aromatic heterocycles. The molecule has 2 amide bonds. The molecule has 7 nitrogen and oxygen atoms in total. The quantitative estimate of drug-likeness (QED) is 0.313. The number of rotatable bonds is 6. The molecule has 3 N–H and O–H groups in total. The number of thiophene rings is 1. The van der Waals surface area contributed by atoms with E-state index >= 15 is 0 Å². The second kappa shape index (κ2) is 9.08. The molecule has 1 aliphatic rings. The standard InChI is InChI=1S/C25H22N4O3S2/c1-14-9-11-15(12-10-14)29-24(32)16-5-2-3-7-18(16)27-25(29)33-13-20(30)28-23-21(22(26)31)17-6-4-8-19(17)34-23/h2-3,5,7,9-12H,4,6,8,13H2,1H3,(H2,26,31)(H,28,30). The zero-order valence-corrected chi connectivity index (χ0v) is 20.1. The smallest absolute Gasteiger partial charge is 0.266 e. The molecule has 0 aliphatic heterocycles. The molecule has 172 valence electrons. The van der Waals surface area contributed by atoms with Gasteiger partial charge in [-0.2, -0.15) is 0 Å². The third-order valence-electron chi connectivity index (χ3n) is 5.79. The molecule has 1 aliphatic carbocycles. The number of amides is 2. The fourth-order valence-corrected chi connectivity index (χ4v) is 6.30. The molecule has 9 heteroatoms. The summed E-state index contributed by atoms with van der Waals surface area (Å²) < 4.78 is 1.54. The van der Waals surface area contributed by atoms with Gasteiger partial charge in [0.1, 0.15) is 5.00 Å². The Labute approximate surface area is 204 Å². The number of hydrogen-bond acceptors (Lipinski definition) is 6. The van der Waals surface area contributed by atoms with Gasteiger partial charge in [0.15, 0.2) is 5.16 Å². The summed E-state index contributed by atoms with van der Waals surface area (Å²) in [6.07, 6.45) is 2.70. The van der Waals surface area contributed by atoms with Gasteiger partial charge in [0, 0.05) is 4.88 Å². The van der Waals surface area contributed by atoms with Crippen LogP contribution in [0.5, 0.6) is 0 Å². The van der Waals surface area contributed by atoms with Gasteiger partial charge in [-0.15, -0.1) is 11.3 Å². The zero-order valence-electron chi connectivity index (χ0n) is 18.5. The molecule has 0 atom stereocenters. The Morgan fingerprint density at radius 1 is 1.15 bits per heavy atom. The van der Waals surface area contributed by atoms with Crippen LogP contribution >= 0.6 is 23.1 Å². The van der Waals surface area contributed by atoms with Crippen molar-refractivity contribution in [1.29, 1.82) is 0 Å². The molecule has 0 saturated carbocycles. The van der Waals surface area contributed by atoms with Crippen molar-refractivity contribution in [3.8, 4) is 5.69 Å². The Hall–Kier alpha value is -3.43. The van der Waals surface area contributed by atoms with Gasteiger partial charge in [-0.25, -0.2) is 4.98 Å². The number of para-hydroxylation sites is 1. The monoisotopic (exact) mass is 490 g/mol. The van der Waals surface area contributed by atoms with E-state index < -0.39 is 5.91 Å². The number of hydrogen-bond donors (Lipinski definition) is 2. The maximum Gasteiger partial charge on any atom is 0.266 e. The second-order valence-corrected chi connectivity index (χ2v) is 10.2. The number of thioether (sulfide) groups is 1. The summed E-state index contributed by atoms with van der Waals surface area (Å²) in [6.45, 7) is 1.98. The highest BCUT2D eigenvalue weighted by Gasteiger charge is 2.26. The Morgan fingerprint density at radius 3 is 2.68 bits per heavy atom. The number of fused-ring (bicyclic) bond motifs is 2. The van der Waals surface area contributed by atoms with Gasteiger partial charge in [0.25, 0.3) is 11.5 Å². The summed E-state index contributed by atoms with van der Waals surface area (Å²) in [5.74, 6) is -0.783. The van der Waals surface area contributed by atoms with Gasteiger partial charge in [-0.05, 0) is 56.0 Å². The van der Waals surface area contributed by atoms with Crippen molar-refractivity contribution in [3.05, 3.63) is 80.5 Å². The molecule has 0 spiro atoms. The molecule has 0 radical (unpaired) electrons. The van der Waals surface area contributed by atoms with Crippen molar-refractivity contribution < 1.29 is 9.59 Å². The van der Waals surface area contributed by atoms with Gasteiger partial charge in [0.2, 0.25) is 5.91 Å². The number of primary amides is 1. The van der Waals surface area contributed by atoms with E-state index in [0.29, 0.717) is 32.3 Å². The van der Waals surface area contributed by atoms with Crippen LogP contribution in [0.15, 0.2) is 58.5 Å². The predicted octanol–water partition coefficient (Wildman–Crippen LogP) is 4.07. The van der Waals surface area contributed by atoms with Gasteiger partial charge < -0.3 is 11.1 Å². The summed E-state index contributed by atoms with van der Waals surface area (Å²) in [5.41, 5.74) is 9.13. The van der Waals surface area contributed by atoms with Gasteiger partial charge in [-0.3, -0.25) is 19.0 Å². The normalized spacial score (nSPS) is 12.6. The number of nitrogens with one attached hydrogen (secondary N) is 1. The first-order valence-electron chi connectivity index (χ1n) is 10.9. The van der Waals surface area contributed by atoms with E-state index in [-0.39, 0.29) is 17.2 Å². The second-order valence-electron chi connectivity index (χ2n) is 8.15. The van der Waals surface area contributed by atoms with E-state index in [9.17, 15) is 14.4 Å². The van der Waals surface area contributed by atoms with Crippen LogP contribution in [-0.4, -0.2) is 27.1 Å². The highest BCUT2D eigenvalue weighted by Crippen LogP contribution is 2.39. The molecular weight excluding hydrogens is 468 g/mol. The van der Waals surface area contributed by atoms with Crippen LogP contribution in [0.1, 0.15) is 32.8 Å². The van der Waals surface area contributed by atoms with E-state index in [2.05, 4.69) is 10.3 Å². The number of carbonyl (C=O) groups is 2. The maximum absolute atomic E-state index is 13.3. The minimum atomic E-state index is -0.522. The zero-order chi connectivity index (χ0) is 23.8. The van der Waals surface area contributed by atoms with Crippen molar-refractivity contribution in [2.45, 2.75) is 31.3 Å². The van der Waals surface area contributed by atoms with Gasteiger partial charge in [0.05, 0.1) is 27.9 Å². The number of aromatic nitrogens is 2. The number of carbonyl (C=O) groups excluding carboxylic acids is 2. The number of nitrogens with two attached hydrogens (primary N) is 1. The summed E-state index contributed by atoms with van der Waals surface area (Å²) >= 11 is 2.60. The van der Waals surface area contributed by atoms with E-state index in [1.807, 2.05) is 37.3 Å². The van der Waals surface area contributed by atoms with Crippen molar-refractivity contribution >= 4 is 50.8 Å². The van der Waals surface area contributed by atoms with Crippen LogP contribution in [0.2, 0.25) is 0 Å². The fraction of sp³-hybridized carbons (Fsp3) is 0.200. The van der Waals surface area contributed by atoms with Gasteiger partial charge >= 0.3 is 0 Å². The summed E-state index contributed by atoms with van der Waals surface area (Å²) in [6, 6.07) is 14.8. The van der Waals surface area contributed by atoms with E-state index in [1.54, 1.807) is 18.2 Å². The summed E-state index contributed by atoms with van der Waals surface area (Å²) in [4.78, 5) is 44.0. The lowest BCUT2D eigenvalue weighted by Crippen LogP contribution is -2.23. The average Bonchev–Trinajstić information content (AvgIpc) is 3.39. The lowest BCUT2D eigenvalue weighted by molar-refractivity contribution is -0.113. The largest absolute Gasteiger partial charge is 0.365 e. The van der Waals surface area contributed by atoms with Crippen LogP contribution in [0.3, 0.4) is 0 Å². The lowest BCUT2D eigenvalue weighted by atomic mass is 10.1. The molecule has 2 heterocycles. The van der Waals surface area contributed by atoms with Crippen molar-refractivity contribution in [1.82, 2.24) is 9.55 Å². The van der Waals surface area contributed by atoms with E-state index in [0.717, 1.165) is 35.3 Å². The first-order chi connectivity index (χ1) is 16.4. The Kier molecular flexibility index (Phi) is 5.97. The molecular formula is C25H22N4O3S2. The highest BCUT2D eigenvalue weighted by atomic mass is 32.2. The third-order valence-corrected chi connectivity index (χ3v) is 7.94. The third kappa shape index (κ3) is 4.12. The predicted molar refractivity (Wildman–Crippen MR) is 136 cm³/mol. The molecule has 0 bridgehead atoms. The van der Waals surface area contributed by atoms with Crippen LogP contribution < -0.4 is 16.6 Å². The molecule has 2 aromatic carbocycles. The molecule has 4 aromatic rings. The fourth-order valence-electron chi connectivity index (χ4n) is 4.18. The minimum Gasteiger partial charge on any atom is -0.365 e. The number of aryl methyl sites for hydroxylation is 2. The van der Waals surface area contributed by atoms with E-state index in [1.165, 1.54) is 27.7 Å². The van der Waals surface area contributed by atoms with E-state index in [4.69, 9.17) is 5.73 Å². The molecule has 5 rings (SSSR count). The van der Waals surface area contributed by atoms with Crippen LogP contribution in [0, 0.1) is 6.92 Å². The molecule has 34 heavy (non-hydrogen) atoms. The first-order valence-corrected chi connectivity index (χ1v) is 12.7. The Morgan fingerprint density at radius 2 is 1.91 bits per heavy atom. The molecule has 0 fully saturated rings.